The minimum Gasteiger partial charge on any atom is -0.353 e. The van der Waals surface area contributed by atoms with Crippen LogP contribution in [0, 0.1) is 6.92 Å². The Morgan fingerprint density at radius 3 is 2.58 bits per heavy atom. The minimum atomic E-state index is 0.0484. The van der Waals surface area contributed by atoms with Gasteiger partial charge in [0.2, 0.25) is 5.91 Å². The lowest BCUT2D eigenvalue weighted by Gasteiger charge is -2.36. The molecule has 0 N–H and O–H groups in total. The van der Waals surface area contributed by atoms with Gasteiger partial charge in [-0.05, 0) is 49.6 Å². The van der Waals surface area contributed by atoms with Crippen LogP contribution in [0.2, 0.25) is 0 Å². The van der Waals surface area contributed by atoms with E-state index in [0.717, 1.165) is 52.9 Å². The summed E-state index contributed by atoms with van der Waals surface area (Å²) in [5.41, 5.74) is 2.97. The second-order valence-corrected chi connectivity index (χ2v) is 9.81. The number of hydrogen-bond acceptors (Lipinski definition) is 5. The molecule has 7 nitrogen and oxygen atoms in total. The number of benzene rings is 2. The second-order valence-electron chi connectivity index (χ2n) is 8.96. The first kappa shape index (κ1) is 24.2. The van der Waals surface area contributed by atoms with E-state index in [2.05, 4.69) is 44.0 Å². The van der Waals surface area contributed by atoms with Crippen molar-refractivity contribution in [1.29, 1.82) is 0 Å². The van der Waals surface area contributed by atoms with Crippen LogP contribution >= 0.6 is 15.9 Å². The van der Waals surface area contributed by atoms with Gasteiger partial charge in [0, 0.05) is 48.0 Å². The van der Waals surface area contributed by atoms with Gasteiger partial charge in [-0.15, -0.1) is 5.10 Å². The molecule has 0 spiro atoms. The number of nitrogens with zero attached hydrogens (tertiary/aromatic N) is 6. The number of piperazine rings is 1. The monoisotopic (exact) mass is 544 g/mol. The highest BCUT2D eigenvalue weighted by molar-refractivity contribution is 9.10. The number of aromatic nitrogens is 3. The van der Waals surface area contributed by atoms with Crippen LogP contribution in [0.25, 0.3) is 22.8 Å². The zero-order valence-corrected chi connectivity index (χ0v) is 21.9. The summed E-state index contributed by atoms with van der Waals surface area (Å²) < 4.78 is 2.78. The van der Waals surface area contributed by atoms with Gasteiger partial charge in [0.25, 0.3) is 0 Å². The zero-order valence-electron chi connectivity index (χ0n) is 20.3. The van der Waals surface area contributed by atoms with Crippen molar-refractivity contribution in [3.63, 3.8) is 0 Å². The lowest BCUT2D eigenvalue weighted by atomic mass is 10.1. The van der Waals surface area contributed by atoms with Gasteiger partial charge in [-0.1, -0.05) is 58.4 Å². The van der Waals surface area contributed by atoms with Gasteiger partial charge in [0.05, 0.1) is 0 Å². The lowest BCUT2D eigenvalue weighted by Crippen LogP contribution is -2.49. The van der Waals surface area contributed by atoms with Crippen LogP contribution in [0.15, 0.2) is 82.0 Å². The first-order chi connectivity index (χ1) is 17.6. The smallest absolute Gasteiger partial charge is 0.244 e. The van der Waals surface area contributed by atoms with E-state index in [0.29, 0.717) is 24.7 Å². The molecule has 184 valence electrons. The number of amides is 1. The molecule has 0 bridgehead atoms. The van der Waals surface area contributed by atoms with E-state index in [1.807, 2.05) is 66.6 Å². The molecule has 5 rings (SSSR count). The third-order valence-electron chi connectivity index (χ3n) is 6.45. The van der Waals surface area contributed by atoms with E-state index in [1.165, 1.54) is 0 Å². The molecule has 2 aliphatic heterocycles. The summed E-state index contributed by atoms with van der Waals surface area (Å²) in [7, 11) is 0. The molecule has 1 fully saturated rings. The maximum Gasteiger partial charge on any atom is 0.244 e. The number of rotatable bonds is 5. The summed E-state index contributed by atoms with van der Waals surface area (Å²) in [6, 6.07) is 16.0. The van der Waals surface area contributed by atoms with Crippen LogP contribution in [0.1, 0.15) is 18.4 Å². The molecule has 0 atom stereocenters. The van der Waals surface area contributed by atoms with Crippen molar-refractivity contribution in [3.05, 3.63) is 82.6 Å². The first-order valence-electron chi connectivity index (χ1n) is 12.3. The van der Waals surface area contributed by atoms with Crippen molar-refractivity contribution >= 4 is 28.1 Å². The lowest BCUT2D eigenvalue weighted by molar-refractivity contribution is -0.133. The fourth-order valence-corrected chi connectivity index (χ4v) is 4.67. The number of carbonyl (C=O) groups is 1. The number of allylic oxidation sites excluding steroid dienone is 3. The molecule has 2 aliphatic rings. The van der Waals surface area contributed by atoms with Gasteiger partial charge < -0.3 is 9.80 Å². The average Bonchev–Trinajstić information content (AvgIpc) is 3.30. The van der Waals surface area contributed by atoms with Crippen molar-refractivity contribution in [3.8, 4) is 22.8 Å². The largest absolute Gasteiger partial charge is 0.353 e. The Bertz CT molecular complexity index is 1320. The van der Waals surface area contributed by atoms with Gasteiger partial charge >= 0.3 is 0 Å². The summed E-state index contributed by atoms with van der Waals surface area (Å²) in [6.07, 6.45) is 10.2. The molecule has 8 heteroatoms. The fraction of sp³-hybridized carbons (Fsp3) is 0.286. The predicted octanol–water partition coefficient (Wildman–Crippen LogP) is 5.09. The molecule has 0 radical (unpaired) electrons. The van der Waals surface area contributed by atoms with E-state index < -0.39 is 0 Å². The molecule has 3 aromatic rings. The van der Waals surface area contributed by atoms with Crippen molar-refractivity contribution in [2.45, 2.75) is 26.3 Å². The summed E-state index contributed by atoms with van der Waals surface area (Å²) in [6.45, 7) is 5.05. The van der Waals surface area contributed by atoms with Crippen molar-refractivity contribution in [1.82, 2.24) is 24.6 Å². The molecule has 1 amide bonds. The Balaban J connectivity index is 1.34. The number of halogens is 1. The topological polar surface area (TPSA) is 66.6 Å². The quantitative estimate of drug-likeness (QED) is 0.448. The molecule has 0 aliphatic carbocycles. The van der Waals surface area contributed by atoms with Crippen LogP contribution in [0.3, 0.4) is 0 Å². The van der Waals surface area contributed by atoms with Gasteiger partial charge in [0.15, 0.2) is 11.6 Å². The Morgan fingerprint density at radius 2 is 1.81 bits per heavy atom. The second kappa shape index (κ2) is 11.0. The Morgan fingerprint density at radius 1 is 1.00 bits per heavy atom. The first-order valence-corrected chi connectivity index (χ1v) is 13.1. The van der Waals surface area contributed by atoms with E-state index in [1.54, 1.807) is 4.68 Å². The Kier molecular flexibility index (Phi) is 7.41. The predicted molar refractivity (Wildman–Crippen MR) is 146 cm³/mol. The molecule has 0 unspecified atom stereocenters. The van der Waals surface area contributed by atoms with Crippen LogP contribution < -0.4 is 0 Å². The molecule has 1 saturated heterocycles. The van der Waals surface area contributed by atoms with Crippen LogP contribution in [-0.2, 0) is 11.3 Å². The molecule has 36 heavy (non-hydrogen) atoms. The van der Waals surface area contributed by atoms with Crippen LogP contribution in [-0.4, -0.2) is 62.9 Å². The number of carbonyl (C=O) groups excluding carboxylic acids is 1. The highest BCUT2D eigenvalue weighted by Gasteiger charge is 2.24. The summed E-state index contributed by atoms with van der Waals surface area (Å²) in [5.74, 6) is 2.36. The number of aryl methyl sites for hydroxylation is 1. The zero-order chi connectivity index (χ0) is 24.9. The van der Waals surface area contributed by atoms with Crippen molar-refractivity contribution in [2.75, 3.05) is 26.2 Å². The van der Waals surface area contributed by atoms with Gasteiger partial charge in [0.1, 0.15) is 12.4 Å². The fourth-order valence-electron chi connectivity index (χ4n) is 4.42. The van der Waals surface area contributed by atoms with E-state index >= 15 is 0 Å². The molecular formula is C28H29BrN6O. The molecular weight excluding hydrogens is 516 g/mol. The highest BCUT2D eigenvalue weighted by atomic mass is 79.9. The Labute approximate surface area is 220 Å². The summed E-state index contributed by atoms with van der Waals surface area (Å²) in [4.78, 5) is 27.0. The van der Waals surface area contributed by atoms with E-state index in [4.69, 9.17) is 10.1 Å². The van der Waals surface area contributed by atoms with Crippen molar-refractivity contribution < 1.29 is 4.79 Å². The third kappa shape index (κ3) is 5.49. The van der Waals surface area contributed by atoms with Crippen LogP contribution in [0.5, 0.6) is 0 Å². The highest BCUT2D eigenvalue weighted by Crippen LogP contribution is 2.26. The standard InChI is InChI=1S/C28H29BrN6O/c1-21-19-23(12-13-24(21)29)28-31-27(22-9-5-4-6-10-22)32-35(28)20-26(36)34-17-15-33(16-18-34)25-11-7-2-3-8-14-30-25/h3-6,8-14,19H,2,7,15-18,20H2,1H3/b8-3+,25-11+,30-14-. The summed E-state index contributed by atoms with van der Waals surface area (Å²) in [5, 5.41) is 4.75. The van der Waals surface area contributed by atoms with Gasteiger partial charge in [-0.2, -0.15) is 0 Å². The summed E-state index contributed by atoms with van der Waals surface area (Å²) >= 11 is 3.57. The molecule has 2 aromatic carbocycles. The molecule has 0 saturated carbocycles. The van der Waals surface area contributed by atoms with Gasteiger partial charge in [-0.25, -0.2) is 14.7 Å². The SMILES string of the molecule is Cc1cc(-c2nc(-c3ccccc3)nn2CC(=O)N2CCN(C3=C/CC/C=C/C=N\3)CC2)ccc1Br. The normalized spacial score (nSPS) is 19.2. The van der Waals surface area contributed by atoms with E-state index in [9.17, 15) is 4.79 Å². The maximum absolute atomic E-state index is 13.4. The number of aliphatic imine (C=N–C) groups is 1. The number of hydrogen-bond donors (Lipinski definition) is 0. The minimum absolute atomic E-state index is 0.0484. The van der Waals surface area contributed by atoms with Crippen LogP contribution in [0.4, 0.5) is 0 Å². The Hall–Kier alpha value is -3.52. The average molecular weight is 545 g/mol. The maximum atomic E-state index is 13.4. The van der Waals surface area contributed by atoms with Gasteiger partial charge in [-0.3, -0.25) is 4.79 Å². The molecule has 1 aromatic heterocycles. The molecule has 3 heterocycles. The van der Waals surface area contributed by atoms with Crippen molar-refractivity contribution in [2.24, 2.45) is 4.99 Å². The van der Waals surface area contributed by atoms with E-state index in [-0.39, 0.29) is 12.5 Å². The third-order valence-corrected chi connectivity index (χ3v) is 7.34.